The summed E-state index contributed by atoms with van der Waals surface area (Å²) in [5.41, 5.74) is 10.3. The monoisotopic (exact) mass is 346 g/mol. The molecule has 0 radical (unpaired) electrons. The lowest BCUT2D eigenvalue weighted by Gasteiger charge is -1.99. The van der Waals surface area contributed by atoms with Gasteiger partial charge < -0.3 is 15.2 Å². The van der Waals surface area contributed by atoms with Gasteiger partial charge in [-0.3, -0.25) is 0 Å². The van der Waals surface area contributed by atoms with Gasteiger partial charge in [-0.15, -0.1) is 0 Å². The van der Waals surface area contributed by atoms with Crippen molar-refractivity contribution in [2.24, 2.45) is 5.73 Å². The largest absolute Gasteiger partial charge is 0.361 e. The lowest BCUT2D eigenvalue weighted by Crippen LogP contribution is -2.01. The average Bonchev–Trinajstić information content (AvgIpc) is 3.30. The van der Waals surface area contributed by atoms with E-state index in [2.05, 4.69) is 45.5 Å². The van der Waals surface area contributed by atoms with E-state index in [4.69, 9.17) is 10.3 Å². The Morgan fingerprint density at radius 3 is 2.73 bits per heavy atom. The lowest BCUT2D eigenvalue weighted by molar-refractivity contribution is 0.421. The topological polar surface area (TPSA) is 80.7 Å². The van der Waals surface area contributed by atoms with Crippen molar-refractivity contribution in [3.05, 3.63) is 71.7 Å². The van der Waals surface area contributed by atoms with Crippen LogP contribution >= 0.6 is 0 Å². The van der Waals surface area contributed by atoms with E-state index in [-0.39, 0.29) is 0 Å². The number of rotatable bonds is 7. The molecule has 0 amide bonds. The number of aromatic amines is 1. The second kappa shape index (κ2) is 7.54. The van der Waals surface area contributed by atoms with Crippen molar-refractivity contribution in [2.75, 3.05) is 6.54 Å². The molecule has 132 valence electrons. The molecule has 0 atom stereocenters. The zero-order valence-electron chi connectivity index (χ0n) is 14.6. The number of H-pyrrole nitrogens is 1. The van der Waals surface area contributed by atoms with Crippen molar-refractivity contribution >= 4 is 10.9 Å². The number of aromatic nitrogens is 3. The van der Waals surface area contributed by atoms with Crippen molar-refractivity contribution in [3.8, 4) is 11.5 Å². The number of aryl methyl sites for hydroxylation is 2. The van der Waals surface area contributed by atoms with Crippen LogP contribution in [0.1, 0.15) is 23.4 Å². The smallest absolute Gasteiger partial charge is 0.257 e. The summed E-state index contributed by atoms with van der Waals surface area (Å²) in [5.74, 6) is 1.33. The quantitative estimate of drug-likeness (QED) is 0.532. The Labute approximate surface area is 152 Å². The molecule has 0 fully saturated rings. The minimum Gasteiger partial charge on any atom is -0.361 e. The SMILES string of the molecule is NCCc1c[nH]c2ccc(-c3nc(CCCc4ccccc4)no3)cc12. The van der Waals surface area contributed by atoms with E-state index >= 15 is 0 Å². The van der Waals surface area contributed by atoms with E-state index in [1.165, 1.54) is 11.1 Å². The first-order valence-corrected chi connectivity index (χ1v) is 9.00. The number of nitrogens with two attached hydrogens (primary N) is 1. The zero-order valence-corrected chi connectivity index (χ0v) is 14.6. The summed E-state index contributed by atoms with van der Waals surface area (Å²) in [5, 5.41) is 5.30. The predicted octanol–water partition coefficient (Wildman–Crippen LogP) is 3.89. The first-order valence-electron chi connectivity index (χ1n) is 9.00. The van der Waals surface area contributed by atoms with E-state index in [1.54, 1.807) is 0 Å². The Bertz CT molecular complexity index is 988. The minimum absolute atomic E-state index is 0.571. The summed E-state index contributed by atoms with van der Waals surface area (Å²) in [6.45, 7) is 0.628. The maximum atomic E-state index is 5.70. The fourth-order valence-electron chi connectivity index (χ4n) is 3.24. The second-order valence-corrected chi connectivity index (χ2v) is 6.47. The van der Waals surface area contributed by atoms with E-state index in [9.17, 15) is 0 Å². The molecule has 0 aliphatic rings. The van der Waals surface area contributed by atoms with Gasteiger partial charge in [-0.2, -0.15) is 4.98 Å². The zero-order chi connectivity index (χ0) is 17.8. The molecule has 0 aliphatic carbocycles. The van der Waals surface area contributed by atoms with Gasteiger partial charge in [0, 0.05) is 29.1 Å². The lowest BCUT2D eigenvalue weighted by atomic mass is 10.1. The van der Waals surface area contributed by atoms with Crippen LogP contribution in [0.2, 0.25) is 0 Å². The van der Waals surface area contributed by atoms with Crippen LogP contribution in [0.5, 0.6) is 0 Å². The van der Waals surface area contributed by atoms with Gasteiger partial charge in [-0.05, 0) is 55.1 Å². The third kappa shape index (κ3) is 3.53. The van der Waals surface area contributed by atoms with Crippen LogP contribution < -0.4 is 5.73 Å². The molecule has 2 aromatic carbocycles. The Morgan fingerprint density at radius 2 is 1.88 bits per heavy atom. The van der Waals surface area contributed by atoms with Crippen molar-refractivity contribution < 1.29 is 4.52 Å². The van der Waals surface area contributed by atoms with Gasteiger partial charge in [0.05, 0.1) is 0 Å². The fourth-order valence-corrected chi connectivity index (χ4v) is 3.24. The predicted molar refractivity (Wildman–Crippen MR) is 103 cm³/mol. The Morgan fingerprint density at radius 1 is 1.00 bits per heavy atom. The molecule has 26 heavy (non-hydrogen) atoms. The highest BCUT2D eigenvalue weighted by atomic mass is 16.5. The van der Waals surface area contributed by atoms with E-state index in [1.807, 2.05) is 24.4 Å². The first-order chi connectivity index (χ1) is 12.8. The summed E-state index contributed by atoms with van der Waals surface area (Å²) >= 11 is 0. The number of nitrogens with zero attached hydrogens (tertiary/aromatic N) is 2. The highest BCUT2D eigenvalue weighted by molar-refractivity contribution is 5.87. The normalized spacial score (nSPS) is 11.3. The number of hydrogen-bond acceptors (Lipinski definition) is 4. The Kier molecular flexibility index (Phi) is 4.80. The molecular weight excluding hydrogens is 324 g/mol. The van der Waals surface area contributed by atoms with E-state index < -0.39 is 0 Å². The molecule has 0 bridgehead atoms. The molecular formula is C21H22N4O. The van der Waals surface area contributed by atoms with Crippen LogP contribution in [0.15, 0.2) is 59.3 Å². The van der Waals surface area contributed by atoms with Crippen molar-refractivity contribution in [2.45, 2.75) is 25.7 Å². The molecule has 0 aliphatic heterocycles. The number of benzene rings is 2. The Balaban J connectivity index is 1.47. The van der Waals surface area contributed by atoms with Gasteiger partial charge in [0.2, 0.25) is 0 Å². The molecule has 0 spiro atoms. The molecule has 4 rings (SSSR count). The molecule has 0 saturated heterocycles. The molecule has 2 aromatic heterocycles. The fraction of sp³-hybridized carbons (Fsp3) is 0.238. The van der Waals surface area contributed by atoms with Gasteiger partial charge in [0.15, 0.2) is 5.82 Å². The number of fused-ring (bicyclic) bond motifs is 1. The molecule has 4 aromatic rings. The van der Waals surface area contributed by atoms with Gasteiger partial charge in [0.1, 0.15) is 0 Å². The molecule has 2 heterocycles. The summed E-state index contributed by atoms with van der Waals surface area (Å²) in [4.78, 5) is 7.84. The average molecular weight is 346 g/mol. The molecule has 0 saturated carbocycles. The van der Waals surface area contributed by atoms with Crippen molar-refractivity contribution in [3.63, 3.8) is 0 Å². The number of hydrogen-bond donors (Lipinski definition) is 2. The summed E-state index contributed by atoms with van der Waals surface area (Å²) in [7, 11) is 0. The molecule has 5 nitrogen and oxygen atoms in total. The van der Waals surface area contributed by atoms with Crippen molar-refractivity contribution in [1.82, 2.24) is 15.1 Å². The van der Waals surface area contributed by atoms with E-state index in [0.29, 0.717) is 12.4 Å². The minimum atomic E-state index is 0.571. The highest BCUT2D eigenvalue weighted by Crippen LogP contribution is 2.25. The Hall–Kier alpha value is -2.92. The van der Waals surface area contributed by atoms with Crippen LogP contribution in [0.4, 0.5) is 0 Å². The third-order valence-corrected chi connectivity index (χ3v) is 4.60. The molecule has 3 N–H and O–H groups in total. The van der Waals surface area contributed by atoms with Crippen LogP contribution in [-0.2, 0) is 19.3 Å². The van der Waals surface area contributed by atoms with Crippen LogP contribution in [0.3, 0.4) is 0 Å². The summed E-state index contributed by atoms with van der Waals surface area (Å²) in [6.07, 6.45) is 5.69. The van der Waals surface area contributed by atoms with Gasteiger partial charge >= 0.3 is 0 Å². The first kappa shape index (κ1) is 16.5. The van der Waals surface area contributed by atoms with Crippen LogP contribution in [0, 0.1) is 0 Å². The summed E-state index contributed by atoms with van der Waals surface area (Å²) in [6, 6.07) is 16.6. The second-order valence-electron chi connectivity index (χ2n) is 6.47. The summed E-state index contributed by atoms with van der Waals surface area (Å²) < 4.78 is 5.48. The number of nitrogens with one attached hydrogen (secondary N) is 1. The molecule has 0 unspecified atom stereocenters. The maximum absolute atomic E-state index is 5.70. The molecule has 5 heteroatoms. The van der Waals surface area contributed by atoms with Gasteiger partial charge in [0.25, 0.3) is 5.89 Å². The van der Waals surface area contributed by atoms with Crippen LogP contribution in [-0.4, -0.2) is 21.7 Å². The standard InChI is InChI=1S/C21H22N4O/c22-12-11-17-14-23-19-10-9-16(13-18(17)19)21-24-20(25-26-21)8-4-7-15-5-2-1-3-6-15/h1-3,5-6,9-10,13-14,23H,4,7-8,11-12,22H2. The van der Waals surface area contributed by atoms with Gasteiger partial charge in [-0.25, -0.2) is 0 Å². The van der Waals surface area contributed by atoms with Crippen LogP contribution in [0.25, 0.3) is 22.4 Å². The van der Waals surface area contributed by atoms with E-state index in [0.717, 1.165) is 48.0 Å². The maximum Gasteiger partial charge on any atom is 0.257 e. The third-order valence-electron chi connectivity index (χ3n) is 4.60. The highest BCUT2D eigenvalue weighted by Gasteiger charge is 2.11. The van der Waals surface area contributed by atoms with Gasteiger partial charge in [-0.1, -0.05) is 35.5 Å². The van der Waals surface area contributed by atoms with Crippen molar-refractivity contribution in [1.29, 1.82) is 0 Å².